The lowest BCUT2D eigenvalue weighted by atomic mass is 10.0. The Morgan fingerprint density at radius 2 is 1.89 bits per heavy atom. The lowest BCUT2D eigenvalue weighted by molar-refractivity contribution is 0.171. The molecule has 1 aromatic carbocycles. The quantitative estimate of drug-likeness (QED) is 0.876. The highest BCUT2D eigenvalue weighted by atomic mass is 16.6. The lowest BCUT2D eigenvalue weighted by Gasteiger charge is -2.19. The highest BCUT2D eigenvalue weighted by molar-refractivity contribution is 5.67. The summed E-state index contributed by atoms with van der Waals surface area (Å²) in [5, 5.41) is 3.89. The first-order valence-electron chi connectivity index (χ1n) is 5.84. The Morgan fingerprint density at radius 3 is 2.56 bits per heavy atom. The van der Waals surface area contributed by atoms with Crippen LogP contribution in [0.5, 0.6) is 11.5 Å². The van der Waals surface area contributed by atoms with Gasteiger partial charge in [-0.05, 0) is 24.6 Å². The van der Waals surface area contributed by atoms with Crippen molar-refractivity contribution in [3.05, 3.63) is 29.5 Å². The molecule has 0 atom stereocenters. The van der Waals surface area contributed by atoms with Gasteiger partial charge in [-0.25, -0.2) is 0 Å². The molecule has 1 aliphatic rings. The van der Waals surface area contributed by atoms with Gasteiger partial charge in [-0.2, -0.15) is 0 Å². The summed E-state index contributed by atoms with van der Waals surface area (Å²) in [6.45, 7) is 3.52. The molecule has 0 saturated carbocycles. The molecule has 1 aromatic heterocycles. The van der Waals surface area contributed by atoms with Crippen LogP contribution in [0.15, 0.2) is 22.7 Å². The molecule has 0 fully saturated rings. The highest BCUT2D eigenvalue weighted by Crippen LogP contribution is 2.37. The number of ether oxygens (including phenoxy) is 2. The second kappa shape index (κ2) is 4.34. The van der Waals surface area contributed by atoms with Crippen LogP contribution in [-0.2, 0) is 6.54 Å². The van der Waals surface area contributed by atoms with Gasteiger partial charge in [0.1, 0.15) is 13.2 Å². The SMILES string of the molecule is Cc1cc2c(cc1-c1cc(CN)no1)OCCO2. The number of nitrogens with zero attached hydrogens (tertiary/aromatic N) is 1. The van der Waals surface area contributed by atoms with Crippen molar-refractivity contribution in [3.63, 3.8) is 0 Å². The van der Waals surface area contributed by atoms with Gasteiger partial charge in [-0.15, -0.1) is 0 Å². The van der Waals surface area contributed by atoms with Crippen molar-refractivity contribution in [2.75, 3.05) is 13.2 Å². The van der Waals surface area contributed by atoms with Crippen molar-refractivity contribution < 1.29 is 14.0 Å². The van der Waals surface area contributed by atoms with E-state index in [1.165, 1.54) is 0 Å². The number of nitrogens with two attached hydrogens (primary N) is 1. The Kier molecular flexibility index (Phi) is 2.68. The smallest absolute Gasteiger partial charge is 0.167 e. The van der Waals surface area contributed by atoms with Crippen molar-refractivity contribution in [1.29, 1.82) is 0 Å². The minimum atomic E-state index is 0.368. The number of rotatable bonds is 2. The van der Waals surface area contributed by atoms with Gasteiger partial charge in [-0.1, -0.05) is 5.16 Å². The molecule has 3 rings (SSSR count). The molecule has 0 bridgehead atoms. The molecule has 0 amide bonds. The van der Waals surface area contributed by atoms with E-state index in [0.29, 0.717) is 25.5 Å². The summed E-state index contributed by atoms with van der Waals surface area (Å²) < 4.78 is 16.4. The van der Waals surface area contributed by atoms with Crippen molar-refractivity contribution >= 4 is 0 Å². The largest absolute Gasteiger partial charge is 0.486 e. The van der Waals surface area contributed by atoms with E-state index in [9.17, 15) is 0 Å². The molecule has 0 aliphatic carbocycles. The molecule has 0 saturated heterocycles. The zero-order valence-electron chi connectivity index (χ0n) is 10.1. The molecule has 5 heteroatoms. The van der Waals surface area contributed by atoms with Crippen molar-refractivity contribution in [3.8, 4) is 22.8 Å². The van der Waals surface area contributed by atoms with E-state index in [1.54, 1.807) is 0 Å². The van der Waals surface area contributed by atoms with Crippen molar-refractivity contribution in [1.82, 2.24) is 5.16 Å². The highest BCUT2D eigenvalue weighted by Gasteiger charge is 2.17. The van der Waals surface area contributed by atoms with Crippen LogP contribution in [0.25, 0.3) is 11.3 Å². The topological polar surface area (TPSA) is 70.5 Å². The molecule has 18 heavy (non-hydrogen) atoms. The summed E-state index contributed by atoms with van der Waals surface area (Å²) in [4.78, 5) is 0. The van der Waals surface area contributed by atoms with Gasteiger partial charge in [0.15, 0.2) is 17.3 Å². The molecular weight excluding hydrogens is 232 g/mol. The first-order valence-corrected chi connectivity index (χ1v) is 5.84. The summed E-state index contributed by atoms with van der Waals surface area (Å²) in [6.07, 6.45) is 0. The predicted molar refractivity (Wildman–Crippen MR) is 65.6 cm³/mol. The summed E-state index contributed by atoms with van der Waals surface area (Å²) in [7, 11) is 0. The van der Waals surface area contributed by atoms with Gasteiger partial charge in [0.25, 0.3) is 0 Å². The van der Waals surface area contributed by atoms with E-state index in [1.807, 2.05) is 25.1 Å². The van der Waals surface area contributed by atoms with Crippen LogP contribution in [0.3, 0.4) is 0 Å². The Balaban J connectivity index is 2.06. The third-order valence-corrected chi connectivity index (χ3v) is 2.92. The van der Waals surface area contributed by atoms with Crippen LogP contribution in [0.2, 0.25) is 0 Å². The average Bonchev–Trinajstić information content (AvgIpc) is 2.86. The van der Waals surface area contributed by atoms with E-state index in [4.69, 9.17) is 19.7 Å². The molecular formula is C13H14N2O3. The molecule has 1 aliphatic heterocycles. The fourth-order valence-corrected chi connectivity index (χ4v) is 1.99. The number of hydrogen-bond acceptors (Lipinski definition) is 5. The Morgan fingerprint density at radius 1 is 1.17 bits per heavy atom. The third-order valence-electron chi connectivity index (χ3n) is 2.92. The number of aryl methyl sites for hydroxylation is 1. The molecule has 2 aromatic rings. The lowest BCUT2D eigenvalue weighted by Crippen LogP contribution is -2.15. The fraction of sp³-hybridized carbons (Fsp3) is 0.308. The number of aromatic nitrogens is 1. The molecule has 2 N–H and O–H groups in total. The molecule has 2 heterocycles. The monoisotopic (exact) mass is 246 g/mol. The predicted octanol–water partition coefficient (Wildman–Crippen LogP) is 1.88. The fourth-order valence-electron chi connectivity index (χ4n) is 1.99. The Labute approximate surface area is 104 Å². The van der Waals surface area contributed by atoms with Crippen molar-refractivity contribution in [2.45, 2.75) is 13.5 Å². The first kappa shape index (κ1) is 11.1. The van der Waals surface area contributed by atoms with Gasteiger partial charge in [0.05, 0.1) is 5.69 Å². The van der Waals surface area contributed by atoms with Crippen LogP contribution in [0.1, 0.15) is 11.3 Å². The van der Waals surface area contributed by atoms with Crippen LogP contribution < -0.4 is 15.2 Å². The maximum Gasteiger partial charge on any atom is 0.167 e. The van der Waals surface area contributed by atoms with Gasteiger partial charge >= 0.3 is 0 Å². The van der Waals surface area contributed by atoms with E-state index < -0.39 is 0 Å². The maximum atomic E-state index is 5.56. The summed E-state index contributed by atoms with van der Waals surface area (Å²) in [5.74, 6) is 2.22. The third kappa shape index (κ3) is 1.82. The van der Waals surface area contributed by atoms with Gasteiger partial charge in [-0.3, -0.25) is 0 Å². The zero-order chi connectivity index (χ0) is 12.5. The zero-order valence-corrected chi connectivity index (χ0v) is 10.1. The summed E-state index contributed by atoms with van der Waals surface area (Å²) in [5.41, 5.74) is 8.26. The van der Waals surface area contributed by atoms with Gasteiger partial charge < -0.3 is 19.7 Å². The first-order chi connectivity index (χ1) is 8.78. The van der Waals surface area contributed by atoms with E-state index >= 15 is 0 Å². The average molecular weight is 246 g/mol. The van der Waals surface area contributed by atoms with Gasteiger partial charge in [0, 0.05) is 18.2 Å². The number of benzene rings is 1. The Hall–Kier alpha value is -2.01. The maximum absolute atomic E-state index is 5.56. The van der Waals surface area contributed by atoms with E-state index in [2.05, 4.69) is 5.16 Å². The minimum absolute atomic E-state index is 0.368. The molecule has 94 valence electrons. The van der Waals surface area contributed by atoms with Gasteiger partial charge in [0.2, 0.25) is 0 Å². The van der Waals surface area contributed by atoms with Crippen LogP contribution in [-0.4, -0.2) is 18.4 Å². The van der Waals surface area contributed by atoms with E-state index in [0.717, 1.165) is 28.3 Å². The number of hydrogen-bond donors (Lipinski definition) is 1. The van der Waals surface area contributed by atoms with Crippen molar-refractivity contribution in [2.24, 2.45) is 5.73 Å². The normalized spacial score (nSPS) is 13.7. The Bertz CT molecular complexity index is 578. The second-order valence-electron chi connectivity index (χ2n) is 4.20. The van der Waals surface area contributed by atoms with Crippen LogP contribution in [0.4, 0.5) is 0 Å². The second-order valence-corrected chi connectivity index (χ2v) is 4.20. The minimum Gasteiger partial charge on any atom is -0.486 e. The number of fused-ring (bicyclic) bond motifs is 1. The molecule has 0 radical (unpaired) electrons. The van der Waals surface area contributed by atoms with E-state index in [-0.39, 0.29) is 0 Å². The summed E-state index contributed by atoms with van der Waals surface area (Å²) in [6, 6.07) is 5.72. The summed E-state index contributed by atoms with van der Waals surface area (Å²) >= 11 is 0. The molecule has 0 unspecified atom stereocenters. The molecule has 5 nitrogen and oxygen atoms in total. The standard InChI is InChI=1S/C13H14N2O3/c1-8-4-12-13(17-3-2-16-12)6-10(8)11-5-9(7-14)15-18-11/h4-6H,2-3,7,14H2,1H3. The molecule has 0 spiro atoms. The van der Waals surface area contributed by atoms with Crippen LogP contribution in [0, 0.1) is 6.92 Å². The van der Waals surface area contributed by atoms with Crippen LogP contribution >= 0.6 is 0 Å².